The van der Waals surface area contributed by atoms with Crippen LogP contribution in [0.15, 0.2) is 40.2 Å². The number of rotatable bonds is 1. The Labute approximate surface area is 70.9 Å². The van der Waals surface area contributed by atoms with E-state index in [4.69, 9.17) is 0 Å². The summed E-state index contributed by atoms with van der Waals surface area (Å²) < 4.78 is 0. The molecule has 1 aliphatic rings. The normalized spacial score (nSPS) is 15.8. The fourth-order valence-corrected chi connectivity index (χ4v) is 1.15. The first-order chi connectivity index (χ1) is 5.88. The van der Waals surface area contributed by atoms with Crippen molar-refractivity contribution >= 4 is 5.70 Å². The maximum Gasteiger partial charge on any atom is 0.112 e. The Balaban J connectivity index is 2.44. The van der Waals surface area contributed by atoms with Gasteiger partial charge >= 0.3 is 0 Å². The second-order valence-corrected chi connectivity index (χ2v) is 2.74. The molecule has 3 nitrogen and oxygen atoms in total. The summed E-state index contributed by atoms with van der Waals surface area (Å²) >= 11 is 0. The summed E-state index contributed by atoms with van der Waals surface area (Å²) in [5.41, 5.74) is 3.03. The van der Waals surface area contributed by atoms with Gasteiger partial charge in [-0.15, -0.1) is 0 Å². The minimum absolute atomic E-state index is 0.714. The lowest BCUT2D eigenvalue weighted by Crippen LogP contribution is -1.86. The maximum atomic E-state index is 4.20. The van der Waals surface area contributed by atoms with E-state index in [1.165, 1.54) is 5.57 Å². The van der Waals surface area contributed by atoms with Gasteiger partial charge in [-0.25, -0.2) is 0 Å². The van der Waals surface area contributed by atoms with Crippen LogP contribution in [0.1, 0.15) is 12.6 Å². The Morgan fingerprint density at radius 2 is 2.25 bits per heavy atom. The molecule has 12 heavy (non-hydrogen) atoms. The quantitative estimate of drug-likeness (QED) is 0.619. The van der Waals surface area contributed by atoms with Crippen LogP contribution in [-0.4, -0.2) is 11.5 Å². The van der Waals surface area contributed by atoms with Gasteiger partial charge in [0.2, 0.25) is 0 Å². The summed E-state index contributed by atoms with van der Waals surface area (Å²) in [6, 6.07) is 5.80. The Bertz CT molecular complexity index is 338. The number of hydrogen-bond acceptors (Lipinski definition) is 3. The van der Waals surface area contributed by atoms with Gasteiger partial charge in [-0.2, -0.15) is 10.2 Å². The highest BCUT2D eigenvalue weighted by atomic mass is 15.1. The van der Waals surface area contributed by atoms with E-state index in [1.807, 2.05) is 25.1 Å². The summed E-state index contributed by atoms with van der Waals surface area (Å²) in [4.78, 5) is 4.20. The van der Waals surface area contributed by atoms with Crippen molar-refractivity contribution in [1.82, 2.24) is 4.98 Å². The van der Waals surface area contributed by atoms with Crippen LogP contribution in [-0.2, 0) is 0 Å². The summed E-state index contributed by atoms with van der Waals surface area (Å²) in [6.07, 6.45) is 1.77. The Kier molecular flexibility index (Phi) is 1.70. The van der Waals surface area contributed by atoms with Gasteiger partial charge in [-0.3, -0.25) is 4.98 Å². The number of nitrogens with zero attached hydrogens (tertiary/aromatic N) is 3. The van der Waals surface area contributed by atoms with E-state index in [0.29, 0.717) is 6.54 Å². The molecule has 0 bridgehead atoms. The van der Waals surface area contributed by atoms with Crippen LogP contribution in [0, 0.1) is 0 Å². The van der Waals surface area contributed by atoms with Crippen LogP contribution in [0.5, 0.6) is 0 Å². The van der Waals surface area contributed by atoms with Crippen molar-refractivity contribution in [1.29, 1.82) is 0 Å². The number of azo groups is 1. The number of aromatic nitrogens is 1. The molecular weight excluding hydrogens is 150 g/mol. The summed E-state index contributed by atoms with van der Waals surface area (Å²) in [5, 5.41) is 7.96. The summed E-state index contributed by atoms with van der Waals surface area (Å²) in [7, 11) is 0. The van der Waals surface area contributed by atoms with Gasteiger partial charge in [0.25, 0.3) is 0 Å². The predicted molar refractivity (Wildman–Crippen MR) is 46.6 cm³/mol. The standard InChI is InChI=1S/C9H9N3/c1-7-6-11-12-9(7)8-4-2-3-5-10-8/h2-5H,6H2,1H3. The van der Waals surface area contributed by atoms with Crippen LogP contribution in [0.3, 0.4) is 0 Å². The van der Waals surface area contributed by atoms with E-state index in [0.717, 1.165) is 11.4 Å². The molecule has 0 fully saturated rings. The lowest BCUT2D eigenvalue weighted by Gasteiger charge is -1.96. The summed E-state index contributed by atoms with van der Waals surface area (Å²) in [6.45, 7) is 2.75. The SMILES string of the molecule is CC1=C(c2ccccn2)N=NC1. The zero-order chi connectivity index (χ0) is 8.39. The minimum Gasteiger partial charge on any atom is -0.255 e. The summed E-state index contributed by atoms with van der Waals surface area (Å²) in [5.74, 6) is 0. The third-order valence-electron chi connectivity index (χ3n) is 1.79. The fourth-order valence-electron chi connectivity index (χ4n) is 1.15. The highest BCUT2D eigenvalue weighted by Crippen LogP contribution is 2.22. The number of pyridine rings is 1. The molecule has 2 heterocycles. The molecule has 60 valence electrons. The maximum absolute atomic E-state index is 4.20. The monoisotopic (exact) mass is 159 g/mol. The molecule has 0 aliphatic carbocycles. The Morgan fingerprint density at radius 1 is 1.33 bits per heavy atom. The average Bonchev–Trinajstić information content (AvgIpc) is 2.53. The largest absolute Gasteiger partial charge is 0.255 e. The van der Waals surface area contributed by atoms with E-state index in [1.54, 1.807) is 6.20 Å². The molecule has 0 spiro atoms. The molecule has 0 N–H and O–H groups in total. The Morgan fingerprint density at radius 3 is 2.83 bits per heavy atom. The third kappa shape index (κ3) is 1.13. The van der Waals surface area contributed by atoms with E-state index >= 15 is 0 Å². The zero-order valence-corrected chi connectivity index (χ0v) is 6.86. The van der Waals surface area contributed by atoms with Crippen molar-refractivity contribution in [2.45, 2.75) is 6.92 Å². The molecule has 0 unspecified atom stereocenters. The van der Waals surface area contributed by atoms with Gasteiger partial charge in [0.1, 0.15) is 5.70 Å². The van der Waals surface area contributed by atoms with E-state index in [-0.39, 0.29) is 0 Å². The molecule has 0 atom stereocenters. The second kappa shape index (κ2) is 2.85. The molecule has 2 rings (SSSR count). The van der Waals surface area contributed by atoms with Gasteiger partial charge < -0.3 is 0 Å². The topological polar surface area (TPSA) is 37.6 Å². The van der Waals surface area contributed by atoms with Crippen molar-refractivity contribution in [3.05, 3.63) is 35.7 Å². The van der Waals surface area contributed by atoms with Crippen LogP contribution in [0.2, 0.25) is 0 Å². The van der Waals surface area contributed by atoms with Crippen molar-refractivity contribution in [2.75, 3.05) is 6.54 Å². The lowest BCUT2D eigenvalue weighted by atomic mass is 10.2. The molecule has 0 amide bonds. The lowest BCUT2D eigenvalue weighted by molar-refractivity contribution is 1.10. The first kappa shape index (κ1) is 7.16. The molecule has 1 aromatic heterocycles. The van der Waals surface area contributed by atoms with Gasteiger partial charge in [-0.05, 0) is 24.6 Å². The van der Waals surface area contributed by atoms with Gasteiger partial charge in [-0.1, -0.05) is 6.07 Å². The van der Waals surface area contributed by atoms with Crippen LogP contribution >= 0.6 is 0 Å². The zero-order valence-electron chi connectivity index (χ0n) is 6.86. The molecule has 0 aromatic carbocycles. The van der Waals surface area contributed by atoms with Crippen molar-refractivity contribution in [3.8, 4) is 0 Å². The van der Waals surface area contributed by atoms with Crippen LogP contribution in [0.4, 0.5) is 0 Å². The highest BCUT2D eigenvalue weighted by Gasteiger charge is 2.10. The smallest absolute Gasteiger partial charge is 0.112 e. The highest BCUT2D eigenvalue weighted by molar-refractivity contribution is 5.65. The van der Waals surface area contributed by atoms with E-state index in [2.05, 4.69) is 15.2 Å². The molecule has 0 radical (unpaired) electrons. The van der Waals surface area contributed by atoms with Crippen molar-refractivity contribution < 1.29 is 0 Å². The van der Waals surface area contributed by atoms with Crippen LogP contribution < -0.4 is 0 Å². The first-order valence-electron chi connectivity index (χ1n) is 3.86. The minimum atomic E-state index is 0.714. The fraction of sp³-hybridized carbons (Fsp3) is 0.222. The van der Waals surface area contributed by atoms with Gasteiger partial charge in [0.15, 0.2) is 0 Å². The van der Waals surface area contributed by atoms with E-state index < -0.39 is 0 Å². The average molecular weight is 159 g/mol. The van der Waals surface area contributed by atoms with Gasteiger partial charge in [0, 0.05) is 6.20 Å². The Hall–Kier alpha value is -1.51. The van der Waals surface area contributed by atoms with E-state index in [9.17, 15) is 0 Å². The first-order valence-corrected chi connectivity index (χ1v) is 3.86. The molecule has 0 saturated carbocycles. The van der Waals surface area contributed by atoms with Gasteiger partial charge in [0.05, 0.1) is 12.2 Å². The van der Waals surface area contributed by atoms with Crippen molar-refractivity contribution in [3.63, 3.8) is 0 Å². The second-order valence-electron chi connectivity index (χ2n) is 2.74. The molecule has 1 aromatic rings. The third-order valence-corrected chi connectivity index (χ3v) is 1.79. The number of hydrogen-bond donors (Lipinski definition) is 0. The van der Waals surface area contributed by atoms with Crippen LogP contribution in [0.25, 0.3) is 5.70 Å². The predicted octanol–water partition coefficient (Wildman–Crippen LogP) is 2.28. The molecular formula is C9H9N3. The molecule has 3 heteroatoms. The molecule has 1 aliphatic heterocycles. The van der Waals surface area contributed by atoms with Crippen molar-refractivity contribution in [2.24, 2.45) is 10.2 Å². The molecule has 0 saturated heterocycles.